The Labute approximate surface area is 122 Å². The van der Waals surface area contributed by atoms with Crippen LogP contribution in [0.25, 0.3) is 16.9 Å². The summed E-state index contributed by atoms with van der Waals surface area (Å²) >= 11 is 6.07. The number of aromatic nitrogens is 3. The highest BCUT2D eigenvalue weighted by Gasteiger charge is 2.09. The second-order valence-electron chi connectivity index (χ2n) is 4.56. The van der Waals surface area contributed by atoms with Crippen LogP contribution in [0.2, 0.25) is 5.15 Å². The Hall–Kier alpha value is -2.07. The summed E-state index contributed by atoms with van der Waals surface area (Å²) in [5, 5.41) is 8.40. The molecule has 0 bridgehead atoms. The predicted octanol–water partition coefficient (Wildman–Crippen LogP) is 3.87. The first-order chi connectivity index (χ1) is 9.78. The monoisotopic (exact) mass is 286 g/mol. The van der Waals surface area contributed by atoms with Crippen molar-refractivity contribution in [3.05, 3.63) is 47.6 Å². The Morgan fingerprint density at radius 1 is 1.20 bits per heavy atom. The average Bonchev–Trinajstić information content (AvgIpc) is 2.89. The molecule has 0 spiro atoms. The molecule has 0 amide bonds. The fourth-order valence-corrected chi connectivity index (χ4v) is 2.26. The van der Waals surface area contributed by atoms with E-state index in [1.807, 2.05) is 36.4 Å². The van der Waals surface area contributed by atoms with Gasteiger partial charge in [0.1, 0.15) is 11.0 Å². The molecule has 0 fully saturated rings. The van der Waals surface area contributed by atoms with E-state index in [4.69, 9.17) is 11.6 Å². The zero-order chi connectivity index (χ0) is 13.9. The highest BCUT2D eigenvalue weighted by molar-refractivity contribution is 6.29. The van der Waals surface area contributed by atoms with Crippen molar-refractivity contribution in [2.45, 2.75) is 13.3 Å². The molecule has 20 heavy (non-hydrogen) atoms. The van der Waals surface area contributed by atoms with Gasteiger partial charge in [-0.2, -0.15) is 9.61 Å². The van der Waals surface area contributed by atoms with Crippen LogP contribution in [-0.4, -0.2) is 21.1 Å². The molecule has 2 aromatic heterocycles. The Bertz CT molecular complexity index is 721. The maximum Gasteiger partial charge on any atom is 0.159 e. The molecule has 0 saturated carbocycles. The zero-order valence-corrected chi connectivity index (χ0v) is 11.9. The molecule has 0 atom stereocenters. The molecule has 102 valence electrons. The van der Waals surface area contributed by atoms with Gasteiger partial charge in [-0.3, -0.25) is 0 Å². The van der Waals surface area contributed by atoms with Crippen molar-refractivity contribution >= 4 is 23.1 Å². The highest BCUT2D eigenvalue weighted by Crippen LogP contribution is 2.22. The van der Waals surface area contributed by atoms with Crippen molar-refractivity contribution in [2.24, 2.45) is 0 Å². The van der Waals surface area contributed by atoms with E-state index in [1.165, 1.54) is 0 Å². The molecule has 0 aliphatic rings. The Kier molecular flexibility index (Phi) is 3.56. The number of fused-ring (bicyclic) bond motifs is 1. The van der Waals surface area contributed by atoms with Gasteiger partial charge in [0, 0.05) is 24.2 Å². The number of benzene rings is 1. The Balaban J connectivity index is 2.10. The van der Waals surface area contributed by atoms with Crippen LogP contribution >= 0.6 is 11.6 Å². The smallest absolute Gasteiger partial charge is 0.159 e. The minimum Gasteiger partial charge on any atom is -0.370 e. The molecule has 0 aliphatic carbocycles. The predicted molar refractivity (Wildman–Crippen MR) is 82.2 cm³/mol. The molecule has 3 aromatic rings. The van der Waals surface area contributed by atoms with Gasteiger partial charge in [-0.05, 0) is 6.42 Å². The van der Waals surface area contributed by atoms with Crippen LogP contribution in [-0.2, 0) is 0 Å². The third kappa shape index (κ3) is 2.47. The topological polar surface area (TPSA) is 42.2 Å². The standard InChI is InChI=1S/C15H15ClN4/c1-2-8-17-14-10-13(16)18-15-9-12(19-20(14)15)11-6-4-3-5-7-11/h3-7,9-10,17H,2,8H2,1H3. The molecular formula is C15H15ClN4. The second-order valence-corrected chi connectivity index (χ2v) is 4.94. The molecule has 5 heteroatoms. The van der Waals surface area contributed by atoms with Gasteiger partial charge in [-0.1, -0.05) is 48.9 Å². The van der Waals surface area contributed by atoms with E-state index in [9.17, 15) is 0 Å². The summed E-state index contributed by atoms with van der Waals surface area (Å²) in [6.45, 7) is 2.99. The van der Waals surface area contributed by atoms with E-state index in [0.717, 1.165) is 35.7 Å². The van der Waals surface area contributed by atoms with Crippen LogP contribution < -0.4 is 5.32 Å². The molecule has 0 saturated heterocycles. The highest BCUT2D eigenvalue weighted by atomic mass is 35.5. The minimum absolute atomic E-state index is 0.468. The van der Waals surface area contributed by atoms with Crippen molar-refractivity contribution in [3.8, 4) is 11.3 Å². The van der Waals surface area contributed by atoms with Crippen molar-refractivity contribution in [1.82, 2.24) is 14.6 Å². The second kappa shape index (κ2) is 5.51. The summed E-state index contributed by atoms with van der Waals surface area (Å²) in [4.78, 5) is 4.32. The van der Waals surface area contributed by atoms with E-state index in [-0.39, 0.29) is 0 Å². The van der Waals surface area contributed by atoms with Crippen LogP contribution in [0, 0.1) is 0 Å². The molecule has 0 aliphatic heterocycles. The normalized spacial score (nSPS) is 10.9. The molecule has 0 radical (unpaired) electrons. The SMILES string of the molecule is CCCNc1cc(Cl)nc2cc(-c3ccccc3)nn12. The van der Waals surface area contributed by atoms with Crippen LogP contribution in [0.15, 0.2) is 42.5 Å². The number of hydrogen-bond donors (Lipinski definition) is 1. The lowest BCUT2D eigenvalue weighted by Gasteiger charge is -2.07. The first-order valence-electron chi connectivity index (χ1n) is 6.63. The van der Waals surface area contributed by atoms with Crippen LogP contribution in [0.4, 0.5) is 5.82 Å². The van der Waals surface area contributed by atoms with Crippen LogP contribution in [0.3, 0.4) is 0 Å². The molecule has 3 rings (SSSR count). The molecule has 0 unspecified atom stereocenters. The number of nitrogens with zero attached hydrogens (tertiary/aromatic N) is 3. The Morgan fingerprint density at radius 2 is 2.00 bits per heavy atom. The summed E-state index contributed by atoms with van der Waals surface area (Å²) in [5.74, 6) is 0.865. The average molecular weight is 287 g/mol. The fraction of sp³-hybridized carbons (Fsp3) is 0.200. The number of rotatable bonds is 4. The maximum atomic E-state index is 6.07. The van der Waals surface area contributed by atoms with Gasteiger partial charge >= 0.3 is 0 Å². The van der Waals surface area contributed by atoms with Crippen LogP contribution in [0.5, 0.6) is 0 Å². The van der Waals surface area contributed by atoms with E-state index in [0.29, 0.717) is 5.15 Å². The molecule has 1 aromatic carbocycles. The number of halogens is 1. The van der Waals surface area contributed by atoms with Crippen molar-refractivity contribution in [1.29, 1.82) is 0 Å². The van der Waals surface area contributed by atoms with Gasteiger partial charge in [0.25, 0.3) is 0 Å². The quantitative estimate of drug-likeness (QED) is 0.740. The summed E-state index contributed by atoms with van der Waals surface area (Å²) < 4.78 is 1.80. The molecular weight excluding hydrogens is 272 g/mol. The first-order valence-corrected chi connectivity index (χ1v) is 7.01. The Morgan fingerprint density at radius 3 is 2.75 bits per heavy atom. The van der Waals surface area contributed by atoms with E-state index < -0.39 is 0 Å². The molecule has 2 heterocycles. The van der Waals surface area contributed by atoms with E-state index in [2.05, 4.69) is 22.3 Å². The molecule has 4 nitrogen and oxygen atoms in total. The lowest BCUT2D eigenvalue weighted by Crippen LogP contribution is -2.06. The largest absolute Gasteiger partial charge is 0.370 e. The van der Waals surface area contributed by atoms with Crippen molar-refractivity contribution < 1.29 is 0 Å². The number of hydrogen-bond acceptors (Lipinski definition) is 3. The lowest BCUT2D eigenvalue weighted by molar-refractivity contribution is 0.905. The van der Waals surface area contributed by atoms with E-state index in [1.54, 1.807) is 10.6 Å². The number of anilines is 1. The summed E-state index contributed by atoms with van der Waals surface area (Å²) in [6.07, 6.45) is 1.04. The summed E-state index contributed by atoms with van der Waals surface area (Å²) in [6, 6.07) is 13.8. The van der Waals surface area contributed by atoms with Gasteiger partial charge in [-0.25, -0.2) is 4.98 Å². The maximum absolute atomic E-state index is 6.07. The molecule has 1 N–H and O–H groups in total. The van der Waals surface area contributed by atoms with Crippen LogP contribution in [0.1, 0.15) is 13.3 Å². The third-order valence-electron chi connectivity index (χ3n) is 3.02. The lowest BCUT2D eigenvalue weighted by atomic mass is 10.2. The van der Waals surface area contributed by atoms with E-state index >= 15 is 0 Å². The minimum atomic E-state index is 0.468. The first kappa shape index (κ1) is 12.9. The van der Waals surface area contributed by atoms with Gasteiger partial charge in [0.05, 0.1) is 5.69 Å². The van der Waals surface area contributed by atoms with Gasteiger partial charge in [0.2, 0.25) is 0 Å². The summed E-state index contributed by atoms with van der Waals surface area (Å²) in [7, 11) is 0. The third-order valence-corrected chi connectivity index (χ3v) is 3.22. The van der Waals surface area contributed by atoms with Gasteiger partial charge < -0.3 is 5.32 Å². The van der Waals surface area contributed by atoms with Crippen molar-refractivity contribution in [3.63, 3.8) is 0 Å². The van der Waals surface area contributed by atoms with Gasteiger partial charge in [-0.15, -0.1) is 0 Å². The fourth-order valence-electron chi connectivity index (χ4n) is 2.07. The van der Waals surface area contributed by atoms with Crippen molar-refractivity contribution in [2.75, 3.05) is 11.9 Å². The van der Waals surface area contributed by atoms with Gasteiger partial charge in [0.15, 0.2) is 5.65 Å². The zero-order valence-electron chi connectivity index (χ0n) is 11.2. The summed E-state index contributed by atoms with van der Waals surface area (Å²) in [5.41, 5.74) is 2.70. The number of nitrogens with one attached hydrogen (secondary N) is 1.